The minimum Gasteiger partial charge on any atom is -0.321 e. The normalized spacial score (nSPS) is 10.4. The van der Waals surface area contributed by atoms with E-state index in [2.05, 4.69) is 10.6 Å². The number of hydrogen-bond acceptors (Lipinski definition) is 6. The molecule has 0 aliphatic rings. The summed E-state index contributed by atoms with van der Waals surface area (Å²) in [5.74, 6) is -0.547. The van der Waals surface area contributed by atoms with Gasteiger partial charge in [0.05, 0.1) is 9.85 Å². The quantitative estimate of drug-likeness (QED) is 0.199. The Morgan fingerprint density at radius 1 is 0.579 bits per heavy atom. The molecule has 0 aliphatic carbocycles. The molecule has 0 bridgehead atoms. The Bertz CT molecular complexity index is 1360. The molecule has 4 rings (SSSR count). The maximum absolute atomic E-state index is 12.3. The first-order chi connectivity index (χ1) is 18.3. The fourth-order valence-electron chi connectivity index (χ4n) is 3.58. The second-order valence-corrected chi connectivity index (χ2v) is 8.22. The largest absolute Gasteiger partial charge is 0.321 e. The fraction of sp³-hybridized carbons (Fsp3) is 0.0769. The highest BCUT2D eigenvalue weighted by Crippen LogP contribution is 2.17. The van der Waals surface area contributed by atoms with Crippen LogP contribution in [0.25, 0.3) is 11.1 Å². The van der Waals surface area contributed by atoms with Crippen molar-refractivity contribution >= 4 is 34.6 Å². The zero-order chi connectivity index (χ0) is 27.1. The number of rotatable bonds is 9. The summed E-state index contributed by atoms with van der Waals surface area (Å²) < 4.78 is 3.41. The van der Waals surface area contributed by atoms with Gasteiger partial charge in [-0.25, -0.2) is 0 Å². The van der Waals surface area contributed by atoms with Crippen molar-refractivity contribution in [2.75, 3.05) is 10.6 Å². The molecule has 2 aromatic heterocycles. The van der Waals surface area contributed by atoms with Gasteiger partial charge in [0.2, 0.25) is 13.1 Å². The maximum Gasteiger partial charge on any atom is 0.290 e. The van der Waals surface area contributed by atoms with Crippen LogP contribution < -0.4 is 19.8 Å². The maximum atomic E-state index is 12.3. The third kappa shape index (κ3) is 6.79. The molecule has 0 aliphatic heterocycles. The number of nitro benzene ring substituents is 2. The summed E-state index contributed by atoms with van der Waals surface area (Å²) in [4.78, 5) is 45.1. The van der Waals surface area contributed by atoms with E-state index >= 15 is 0 Å². The van der Waals surface area contributed by atoms with Gasteiger partial charge in [0.1, 0.15) is 0 Å². The van der Waals surface area contributed by atoms with Gasteiger partial charge in [-0.05, 0) is 35.4 Å². The second kappa shape index (κ2) is 11.5. The van der Waals surface area contributed by atoms with Crippen LogP contribution in [0.2, 0.25) is 0 Å². The number of nitrogens with one attached hydrogen (secondary N) is 2. The van der Waals surface area contributed by atoms with Crippen LogP contribution in [-0.2, 0) is 22.7 Å². The lowest BCUT2D eigenvalue weighted by atomic mass is 10.1. The standard InChI is InChI=1S/C26H20N6O6/c33-25(27-21-1-5-23(6-2-21)31(35)36)17-29-13-9-19(10-14-29)20-11-15-30(16-12-20)18-26(34)28-22-3-7-24(8-4-22)32(37)38/h1-16H,17-18H2/p+2. The van der Waals surface area contributed by atoms with Gasteiger partial charge in [0, 0.05) is 59.9 Å². The first-order valence-corrected chi connectivity index (χ1v) is 11.3. The monoisotopic (exact) mass is 514 g/mol. The molecule has 0 saturated heterocycles. The molecule has 0 unspecified atom stereocenters. The van der Waals surface area contributed by atoms with Crippen molar-refractivity contribution in [3.63, 3.8) is 0 Å². The van der Waals surface area contributed by atoms with Gasteiger partial charge < -0.3 is 10.6 Å². The van der Waals surface area contributed by atoms with Crippen molar-refractivity contribution in [1.82, 2.24) is 0 Å². The summed E-state index contributed by atoms with van der Waals surface area (Å²) in [5.41, 5.74) is 2.67. The SMILES string of the molecule is O=C(C[n+]1ccc(-c2cc[n+](CC(=O)Nc3ccc([N+](=O)[O-])cc3)cc2)cc1)Nc1ccc([N+](=O)[O-])cc1. The molecule has 0 fully saturated rings. The molecule has 2 amide bonds. The summed E-state index contributed by atoms with van der Waals surface area (Å²) in [5, 5.41) is 26.9. The van der Waals surface area contributed by atoms with Crippen molar-refractivity contribution in [3.05, 3.63) is 118 Å². The number of anilines is 2. The molecule has 4 aromatic rings. The van der Waals surface area contributed by atoms with Crippen LogP contribution in [0.5, 0.6) is 0 Å². The smallest absolute Gasteiger partial charge is 0.290 e. The molecule has 38 heavy (non-hydrogen) atoms. The molecule has 12 heteroatoms. The number of nitro groups is 2. The number of hydrogen-bond donors (Lipinski definition) is 2. The molecule has 2 aromatic carbocycles. The van der Waals surface area contributed by atoms with Crippen LogP contribution in [0.3, 0.4) is 0 Å². The van der Waals surface area contributed by atoms with E-state index in [-0.39, 0.29) is 36.3 Å². The van der Waals surface area contributed by atoms with Gasteiger partial charge in [-0.15, -0.1) is 0 Å². The van der Waals surface area contributed by atoms with Crippen LogP contribution in [-0.4, -0.2) is 21.7 Å². The Morgan fingerprint density at radius 2 is 0.895 bits per heavy atom. The van der Waals surface area contributed by atoms with E-state index in [0.29, 0.717) is 11.4 Å². The molecule has 0 atom stereocenters. The lowest BCUT2D eigenvalue weighted by molar-refractivity contribution is -0.684. The Hall–Kier alpha value is -5.52. The van der Waals surface area contributed by atoms with Crippen LogP contribution in [0, 0.1) is 20.2 Å². The lowest BCUT2D eigenvalue weighted by Gasteiger charge is -2.04. The third-order valence-corrected chi connectivity index (χ3v) is 5.49. The Labute approximate surface area is 216 Å². The molecule has 2 heterocycles. The number of nitrogens with zero attached hydrogens (tertiary/aromatic N) is 4. The predicted molar refractivity (Wildman–Crippen MR) is 136 cm³/mol. The molecule has 0 spiro atoms. The lowest BCUT2D eigenvalue weighted by Crippen LogP contribution is -2.39. The molecule has 0 saturated carbocycles. The van der Waals surface area contributed by atoms with Gasteiger partial charge in [0.25, 0.3) is 23.2 Å². The van der Waals surface area contributed by atoms with E-state index in [1.807, 2.05) is 24.3 Å². The zero-order valence-electron chi connectivity index (χ0n) is 19.9. The number of amides is 2. The average molecular weight is 514 g/mol. The van der Waals surface area contributed by atoms with Crippen molar-refractivity contribution in [2.24, 2.45) is 0 Å². The van der Waals surface area contributed by atoms with Crippen molar-refractivity contribution < 1.29 is 28.6 Å². The highest BCUT2D eigenvalue weighted by molar-refractivity contribution is 5.90. The van der Waals surface area contributed by atoms with E-state index < -0.39 is 9.85 Å². The third-order valence-electron chi connectivity index (χ3n) is 5.49. The van der Waals surface area contributed by atoms with Gasteiger partial charge in [-0.2, -0.15) is 9.13 Å². The summed E-state index contributed by atoms with van der Waals surface area (Å²) in [6.45, 7) is 0.131. The number of non-ortho nitro benzene ring substituents is 2. The molecular weight excluding hydrogens is 492 g/mol. The highest BCUT2D eigenvalue weighted by atomic mass is 16.6. The van der Waals surface area contributed by atoms with Crippen LogP contribution in [0.15, 0.2) is 97.6 Å². The Balaban J connectivity index is 1.30. The predicted octanol–water partition coefficient (Wildman–Crippen LogP) is 3.02. The fourth-order valence-corrected chi connectivity index (χ4v) is 3.58. The first kappa shape index (κ1) is 25.6. The molecule has 12 nitrogen and oxygen atoms in total. The second-order valence-electron chi connectivity index (χ2n) is 8.22. The molecule has 0 radical (unpaired) electrons. The summed E-state index contributed by atoms with van der Waals surface area (Å²) in [6.07, 6.45) is 7.07. The van der Waals surface area contributed by atoms with Gasteiger partial charge in [0.15, 0.2) is 24.8 Å². The van der Waals surface area contributed by atoms with E-state index in [1.54, 1.807) is 33.9 Å². The average Bonchev–Trinajstić information content (AvgIpc) is 2.90. The highest BCUT2D eigenvalue weighted by Gasteiger charge is 2.14. The Kier molecular flexibility index (Phi) is 7.72. The van der Waals surface area contributed by atoms with Crippen LogP contribution >= 0.6 is 0 Å². The van der Waals surface area contributed by atoms with Crippen LogP contribution in [0.4, 0.5) is 22.7 Å². The minimum absolute atomic E-state index is 0.0510. The van der Waals surface area contributed by atoms with Gasteiger partial charge >= 0.3 is 0 Å². The molecule has 2 N–H and O–H groups in total. The topological polar surface area (TPSA) is 152 Å². The van der Waals surface area contributed by atoms with Crippen molar-refractivity contribution in [2.45, 2.75) is 13.1 Å². The Morgan fingerprint density at radius 3 is 1.18 bits per heavy atom. The molecular formula is C26H22N6O6+2. The van der Waals surface area contributed by atoms with E-state index in [4.69, 9.17) is 0 Å². The van der Waals surface area contributed by atoms with Crippen molar-refractivity contribution in [3.8, 4) is 11.1 Å². The molecule has 190 valence electrons. The van der Waals surface area contributed by atoms with E-state index in [9.17, 15) is 29.8 Å². The summed E-state index contributed by atoms with van der Waals surface area (Å²) >= 11 is 0. The summed E-state index contributed by atoms with van der Waals surface area (Å²) in [6, 6.07) is 18.7. The van der Waals surface area contributed by atoms with Crippen LogP contribution in [0.1, 0.15) is 0 Å². The summed E-state index contributed by atoms with van der Waals surface area (Å²) in [7, 11) is 0. The van der Waals surface area contributed by atoms with E-state index in [1.165, 1.54) is 48.5 Å². The number of carbonyl (C=O) groups excluding carboxylic acids is 2. The number of aromatic nitrogens is 2. The minimum atomic E-state index is -0.503. The number of carbonyl (C=O) groups is 2. The number of benzene rings is 2. The van der Waals surface area contributed by atoms with Gasteiger partial charge in [-0.1, -0.05) is 0 Å². The zero-order valence-corrected chi connectivity index (χ0v) is 19.9. The van der Waals surface area contributed by atoms with Gasteiger partial charge in [-0.3, -0.25) is 29.8 Å². The number of pyridine rings is 2. The van der Waals surface area contributed by atoms with E-state index in [0.717, 1.165) is 11.1 Å². The first-order valence-electron chi connectivity index (χ1n) is 11.3. The van der Waals surface area contributed by atoms with Crippen molar-refractivity contribution in [1.29, 1.82) is 0 Å².